The van der Waals surface area contributed by atoms with Gasteiger partial charge >= 0.3 is 0 Å². The van der Waals surface area contributed by atoms with Gasteiger partial charge < -0.3 is 10.1 Å². The van der Waals surface area contributed by atoms with Crippen LogP contribution < -0.4 is 10.1 Å². The van der Waals surface area contributed by atoms with E-state index in [1.807, 2.05) is 24.3 Å². The summed E-state index contributed by atoms with van der Waals surface area (Å²) in [7, 11) is 1.64. The van der Waals surface area contributed by atoms with Crippen LogP contribution in [-0.4, -0.2) is 19.6 Å². The molecule has 0 atom stereocenters. The van der Waals surface area contributed by atoms with Crippen LogP contribution in [0.15, 0.2) is 36.4 Å². The van der Waals surface area contributed by atoms with E-state index >= 15 is 0 Å². The van der Waals surface area contributed by atoms with Crippen LogP contribution in [0.3, 0.4) is 0 Å². The van der Waals surface area contributed by atoms with Crippen molar-refractivity contribution in [1.29, 1.82) is 0 Å². The Hall–Kier alpha value is -2.21. The first-order chi connectivity index (χ1) is 9.61. The highest BCUT2D eigenvalue weighted by atomic mass is 16.5. The second-order valence-corrected chi connectivity index (χ2v) is 4.82. The molecule has 0 saturated carbocycles. The minimum Gasteiger partial charge on any atom is -0.497 e. The molecule has 106 valence electrons. The standard InChI is InChI=1S/C17H21NO2/c1-14(2)13-18-17(19)8-6-4-5-7-15-9-11-16(20-3)12-10-15/h6,8-12,14H,7,13H2,1-3H3,(H,18,19). The highest BCUT2D eigenvalue weighted by Crippen LogP contribution is 2.11. The van der Waals surface area contributed by atoms with Gasteiger partial charge in [-0.2, -0.15) is 0 Å². The van der Waals surface area contributed by atoms with Gasteiger partial charge in [0.2, 0.25) is 5.91 Å². The third-order valence-electron chi connectivity index (χ3n) is 2.56. The Balaban J connectivity index is 2.36. The fourth-order valence-corrected chi connectivity index (χ4v) is 1.44. The molecule has 0 aliphatic rings. The van der Waals surface area contributed by atoms with Crippen LogP contribution in [0.5, 0.6) is 5.75 Å². The molecular weight excluding hydrogens is 250 g/mol. The predicted octanol–water partition coefficient (Wildman–Crippen LogP) is 2.57. The zero-order valence-corrected chi connectivity index (χ0v) is 12.3. The normalized spacial score (nSPS) is 10.2. The average Bonchev–Trinajstić information content (AvgIpc) is 2.45. The molecule has 0 radical (unpaired) electrons. The van der Waals surface area contributed by atoms with Gasteiger partial charge in [0.25, 0.3) is 0 Å². The third kappa shape index (κ3) is 6.65. The van der Waals surface area contributed by atoms with Crippen molar-refractivity contribution < 1.29 is 9.53 Å². The summed E-state index contributed by atoms with van der Waals surface area (Å²) in [6.45, 7) is 4.79. The van der Waals surface area contributed by atoms with Gasteiger partial charge in [0.1, 0.15) is 5.75 Å². The predicted molar refractivity (Wildman–Crippen MR) is 81.5 cm³/mol. The zero-order chi connectivity index (χ0) is 14.8. The number of nitrogens with one attached hydrogen (secondary N) is 1. The number of allylic oxidation sites excluding steroid dienone is 1. The largest absolute Gasteiger partial charge is 0.497 e. The van der Waals surface area contributed by atoms with Crippen LogP contribution in [0.4, 0.5) is 0 Å². The molecule has 0 saturated heterocycles. The lowest BCUT2D eigenvalue weighted by Gasteiger charge is -2.03. The molecule has 1 amide bonds. The van der Waals surface area contributed by atoms with Crippen LogP contribution in [0, 0.1) is 17.8 Å². The van der Waals surface area contributed by atoms with E-state index in [-0.39, 0.29) is 5.91 Å². The molecule has 0 bridgehead atoms. The Bertz CT molecular complexity index is 504. The van der Waals surface area contributed by atoms with Crippen molar-refractivity contribution in [2.75, 3.05) is 13.7 Å². The number of ether oxygens (including phenoxy) is 1. The minimum absolute atomic E-state index is 0.0996. The van der Waals surface area contributed by atoms with Gasteiger partial charge in [0, 0.05) is 19.0 Å². The second-order valence-electron chi connectivity index (χ2n) is 4.82. The first-order valence-electron chi connectivity index (χ1n) is 6.67. The SMILES string of the molecule is COc1ccc(CC#CC=CC(=O)NCC(C)C)cc1. The van der Waals surface area contributed by atoms with Crippen LogP contribution in [-0.2, 0) is 11.2 Å². The summed E-state index contributed by atoms with van der Waals surface area (Å²) in [6, 6.07) is 7.78. The van der Waals surface area contributed by atoms with Crippen molar-refractivity contribution in [3.63, 3.8) is 0 Å². The molecule has 0 aromatic heterocycles. The van der Waals surface area contributed by atoms with E-state index in [1.165, 1.54) is 6.08 Å². The van der Waals surface area contributed by atoms with E-state index in [2.05, 4.69) is 31.0 Å². The van der Waals surface area contributed by atoms with Crippen LogP contribution in [0.1, 0.15) is 19.4 Å². The molecule has 3 heteroatoms. The molecule has 0 heterocycles. The van der Waals surface area contributed by atoms with Gasteiger partial charge in [-0.25, -0.2) is 0 Å². The lowest BCUT2D eigenvalue weighted by Crippen LogP contribution is -2.25. The summed E-state index contributed by atoms with van der Waals surface area (Å²) in [5.74, 6) is 7.05. The number of hydrogen-bond acceptors (Lipinski definition) is 2. The van der Waals surface area contributed by atoms with E-state index in [4.69, 9.17) is 4.74 Å². The Morgan fingerprint density at radius 1 is 1.35 bits per heavy atom. The maximum Gasteiger partial charge on any atom is 0.244 e. The minimum atomic E-state index is -0.0996. The highest BCUT2D eigenvalue weighted by molar-refractivity contribution is 5.87. The average molecular weight is 271 g/mol. The number of rotatable bonds is 5. The maximum absolute atomic E-state index is 11.4. The molecule has 0 spiro atoms. The lowest BCUT2D eigenvalue weighted by atomic mass is 10.1. The van der Waals surface area contributed by atoms with Gasteiger partial charge in [0.15, 0.2) is 0 Å². The van der Waals surface area contributed by atoms with E-state index in [0.29, 0.717) is 18.9 Å². The first kappa shape index (κ1) is 15.8. The summed E-state index contributed by atoms with van der Waals surface area (Å²) >= 11 is 0. The first-order valence-corrected chi connectivity index (χ1v) is 6.67. The van der Waals surface area contributed by atoms with Gasteiger partial charge in [-0.1, -0.05) is 37.8 Å². The monoisotopic (exact) mass is 271 g/mol. The van der Waals surface area contributed by atoms with Crippen molar-refractivity contribution in [3.8, 4) is 17.6 Å². The summed E-state index contributed by atoms with van der Waals surface area (Å²) in [6.07, 6.45) is 3.70. The summed E-state index contributed by atoms with van der Waals surface area (Å²) in [4.78, 5) is 11.4. The van der Waals surface area contributed by atoms with Gasteiger partial charge in [-0.05, 0) is 29.7 Å². The van der Waals surface area contributed by atoms with Crippen LogP contribution >= 0.6 is 0 Å². The molecule has 0 unspecified atom stereocenters. The summed E-state index contributed by atoms with van der Waals surface area (Å²) in [5.41, 5.74) is 1.12. The summed E-state index contributed by atoms with van der Waals surface area (Å²) in [5, 5.41) is 2.80. The molecule has 0 fully saturated rings. The zero-order valence-electron chi connectivity index (χ0n) is 12.3. The molecule has 3 nitrogen and oxygen atoms in total. The van der Waals surface area contributed by atoms with Crippen molar-refractivity contribution in [3.05, 3.63) is 42.0 Å². The molecular formula is C17H21NO2. The van der Waals surface area contributed by atoms with Crippen molar-refractivity contribution >= 4 is 5.91 Å². The van der Waals surface area contributed by atoms with E-state index in [1.54, 1.807) is 13.2 Å². The fraction of sp³-hybridized carbons (Fsp3) is 0.353. The Morgan fingerprint density at radius 3 is 2.65 bits per heavy atom. The Morgan fingerprint density at radius 2 is 2.05 bits per heavy atom. The van der Waals surface area contributed by atoms with Crippen molar-refractivity contribution in [2.24, 2.45) is 5.92 Å². The van der Waals surface area contributed by atoms with Gasteiger partial charge in [-0.3, -0.25) is 4.79 Å². The Kier molecular flexibility index (Phi) is 6.99. The number of hydrogen-bond donors (Lipinski definition) is 1. The highest BCUT2D eigenvalue weighted by Gasteiger charge is 1.96. The van der Waals surface area contributed by atoms with Crippen molar-refractivity contribution in [1.82, 2.24) is 5.32 Å². The topological polar surface area (TPSA) is 38.3 Å². The number of benzene rings is 1. The Labute approximate surface area is 121 Å². The van der Waals surface area contributed by atoms with E-state index in [9.17, 15) is 4.79 Å². The van der Waals surface area contributed by atoms with E-state index in [0.717, 1.165) is 11.3 Å². The molecule has 0 aliphatic carbocycles. The molecule has 20 heavy (non-hydrogen) atoms. The molecule has 1 aromatic rings. The quantitative estimate of drug-likeness (QED) is 0.660. The number of methoxy groups -OCH3 is 1. The smallest absolute Gasteiger partial charge is 0.244 e. The molecule has 1 rings (SSSR count). The molecule has 1 aromatic carbocycles. The number of amides is 1. The van der Waals surface area contributed by atoms with Crippen LogP contribution in [0.25, 0.3) is 0 Å². The number of carbonyl (C=O) groups is 1. The molecule has 0 aliphatic heterocycles. The number of carbonyl (C=O) groups excluding carboxylic acids is 1. The van der Waals surface area contributed by atoms with E-state index < -0.39 is 0 Å². The third-order valence-corrected chi connectivity index (χ3v) is 2.56. The molecule has 1 N–H and O–H groups in total. The van der Waals surface area contributed by atoms with Crippen molar-refractivity contribution in [2.45, 2.75) is 20.3 Å². The summed E-state index contributed by atoms with van der Waals surface area (Å²) < 4.78 is 5.09. The maximum atomic E-state index is 11.4. The van der Waals surface area contributed by atoms with Gasteiger partial charge in [0.05, 0.1) is 7.11 Å². The van der Waals surface area contributed by atoms with Gasteiger partial charge in [-0.15, -0.1) is 0 Å². The fourth-order valence-electron chi connectivity index (χ4n) is 1.44. The van der Waals surface area contributed by atoms with Crippen LogP contribution in [0.2, 0.25) is 0 Å². The second kappa shape index (κ2) is 8.82. The lowest BCUT2D eigenvalue weighted by molar-refractivity contribution is -0.116.